The molecule has 1 N–H and O–H groups in total. The molecule has 1 aliphatic rings. The number of hydrogen-bond acceptors (Lipinski definition) is 5. The van der Waals surface area contributed by atoms with Gasteiger partial charge in [0.25, 0.3) is 5.91 Å². The molecule has 0 unspecified atom stereocenters. The second-order valence-electron chi connectivity index (χ2n) is 7.33. The van der Waals surface area contributed by atoms with Crippen molar-refractivity contribution >= 4 is 31.3 Å². The molecule has 0 radical (unpaired) electrons. The molecule has 6 nitrogen and oxygen atoms in total. The van der Waals surface area contributed by atoms with E-state index >= 15 is 0 Å². The SMILES string of the molecule is CC(C)c1ccc(NC(=O)c2ccc(S(=O)(=O)[C@@H]3CCS(=O)(=O)C3)cc2)cc1. The summed E-state index contributed by atoms with van der Waals surface area (Å²) in [5, 5.41) is 1.86. The van der Waals surface area contributed by atoms with Crippen LogP contribution in [0, 0.1) is 0 Å². The van der Waals surface area contributed by atoms with Gasteiger partial charge in [-0.05, 0) is 54.3 Å². The van der Waals surface area contributed by atoms with E-state index in [0.29, 0.717) is 17.2 Å². The van der Waals surface area contributed by atoms with Crippen molar-refractivity contribution < 1.29 is 21.6 Å². The van der Waals surface area contributed by atoms with E-state index in [2.05, 4.69) is 19.2 Å². The number of hydrogen-bond donors (Lipinski definition) is 1. The number of benzene rings is 2. The minimum absolute atomic E-state index is 0.0347. The summed E-state index contributed by atoms with van der Waals surface area (Å²) in [5.41, 5.74) is 2.15. The topological polar surface area (TPSA) is 97.4 Å². The number of anilines is 1. The van der Waals surface area contributed by atoms with Gasteiger partial charge in [-0.1, -0.05) is 26.0 Å². The smallest absolute Gasteiger partial charge is 0.255 e. The summed E-state index contributed by atoms with van der Waals surface area (Å²) in [7, 11) is -7.03. The molecular weight excluding hydrogens is 398 g/mol. The lowest BCUT2D eigenvalue weighted by Crippen LogP contribution is -2.22. The third-order valence-corrected chi connectivity index (χ3v) is 9.10. The quantitative estimate of drug-likeness (QED) is 0.800. The van der Waals surface area contributed by atoms with Crippen LogP contribution in [-0.2, 0) is 19.7 Å². The van der Waals surface area contributed by atoms with Crippen molar-refractivity contribution in [3.63, 3.8) is 0 Å². The van der Waals surface area contributed by atoms with Crippen molar-refractivity contribution in [2.24, 2.45) is 0 Å². The zero-order valence-corrected chi connectivity index (χ0v) is 17.4. The molecule has 2 aromatic rings. The summed E-state index contributed by atoms with van der Waals surface area (Å²) in [5.74, 6) is -0.393. The number of nitrogens with one attached hydrogen (secondary N) is 1. The lowest BCUT2D eigenvalue weighted by molar-refractivity contribution is 0.102. The average Bonchev–Trinajstić information content (AvgIpc) is 3.03. The molecule has 0 saturated carbocycles. The van der Waals surface area contributed by atoms with Crippen molar-refractivity contribution in [1.82, 2.24) is 0 Å². The normalized spacial score (nSPS) is 18.9. The molecule has 28 heavy (non-hydrogen) atoms. The minimum Gasteiger partial charge on any atom is -0.322 e. The van der Waals surface area contributed by atoms with Gasteiger partial charge in [0, 0.05) is 11.3 Å². The first-order chi connectivity index (χ1) is 13.1. The molecule has 0 spiro atoms. The van der Waals surface area contributed by atoms with Gasteiger partial charge in [-0.3, -0.25) is 4.79 Å². The van der Waals surface area contributed by atoms with Gasteiger partial charge in [0.1, 0.15) is 0 Å². The van der Waals surface area contributed by atoms with Crippen LogP contribution in [0.4, 0.5) is 5.69 Å². The maximum atomic E-state index is 12.6. The molecule has 1 atom stereocenters. The maximum absolute atomic E-state index is 12.6. The van der Waals surface area contributed by atoms with E-state index in [-0.39, 0.29) is 28.7 Å². The van der Waals surface area contributed by atoms with Crippen LogP contribution < -0.4 is 5.32 Å². The maximum Gasteiger partial charge on any atom is 0.255 e. The third kappa shape index (κ3) is 4.44. The summed E-state index contributed by atoms with van der Waals surface area (Å²) < 4.78 is 48.4. The molecule has 3 rings (SSSR count). The average molecular weight is 422 g/mol. The standard InChI is InChI=1S/C20H23NO5S2/c1-14(2)15-3-7-17(8-4-15)21-20(22)16-5-9-18(10-6-16)28(25,26)19-11-12-27(23,24)13-19/h3-10,14,19H,11-13H2,1-2H3,(H,21,22)/t19-/m1/s1. The highest BCUT2D eigenvalue weighted by Crippen LogP contribution is 2.26. The summed E-state index contributed by atoms with van der Waals surface area (Å²) in [4.78, 5) is 12.4. The van der Waals surface area contributed by atoms with Gasteiger partial charge in [0.15, 0.2) is 19.7 Å². The third-order valence-electron chi connectivity index (χ3n) is 4.91. The summed E-state index contributed by atoms with van der Waals surface area (Å²) in [6, 6.07) is 13.1. The van der Waals surface area contributed by atoms with Crippen molar-refractivity contribution in [2.75, 3.05) is 16.8 Å². The number of carbonyl (C=O) groups is 1. The van der Waals surface area contributed by atoms with Crippen molar-refractivity contribution in [2.45, 2.75) is 36.3 Å². The van der Waals surface area contributed by atoms with Crippen molar-refractivity contribution in [3.05, 3.63) is 59.7 Å². The molecule has 1 amide bonds. The van der Waals surface area contributed by atoms with E-state index in [9.17, 15) is 21.6 Å². The van der Waals surface area contributed by atoms with E-state index < -0.39 is 24.9 Å². The van der Waals surface area contributed by atoms with E-state index in [4.69, 9.17) is 0 Å². The highest BCUT2D eigenvalue weighted by Gasteiger charge is 2.37. The molecule has 1 saturated heterocycles. The number of carbonyl (C=O) groups excluding carboxylic acids is 1. The Morgan fingerprint density at radius 3 is 2.14 bits per heavy atom. The van der Waals surface area contributed by atoms with Crippen LogP contribution in [0.1, 0.15) is 42.1 Å². The molecule has 1 aliphatic heterocycles. The Kier molecular flexibility index (Phi) is 5.63. The summed E-state index contributed by atoms with van der Waals surface area (Å²) >= 11 is 0. The number of sulfone groups is 2. The van der Waals surface area contributed by atoms with Crippen LogP contribution in [0.15, 0.2) is 53.4 Å². The number of rotatable bonds is 5. The summed E-state index contributed by atoms with van der Waals surface area (Å²) in [6.07, 6.45) is 0.110. The lowest BCUT2D eigenvalue weighted by atomic mass is 10.0. The summed E-state index contributed by atoms with van der Waals surface area (Å²) in [6.45, 7) is 4.17. The fourth-order valence-electron chi connectivity index (χ4n) is 3.15. The highest BCUT2D eigenvalue weighted by molar-refractivity contribution is 7.96. The van der Waals surface area contributed by atoms with Gasteiger partial charge in [0.2, 0.25) is 0 Å². The predicted molar refractivity (Wildman–Crippen MR) is 109 cm³/mol. The van der Waals surface area contributed by atoms with Crippen LogP contribution in [0.2, 0.25) is 0 Å². The van der Waals surface area contributed by atoms with Crippen molar-refractivity contribution in [1.29, 1.82) is 0 Å². The van der Waals surface area contributed by atoms with Gasteiger partial charge >= 0.3 is 0 Å². The van der Waals surface area contributed by atoms with E-state index in [0.717, 1.165) is 0 Å². The molecule has 0 aliphatic carbocycles. The second kappa shape index (κ2) is 7.67. The van der Waals surface area contributed by atoms with Crippen LogP contribution in [0.25, 0.3) is 0 Å². The van der Waals surface area contributed by atoms with Crippen LogP contribution >= 0.6 is 0 Å². The minimum atomic E-state index is -3.73. The Bertz CT molecular complexity index is 1070. The van der Waals surface area contributed by atoms with Crippen molar-refractivity contribution in [3.8, 4) is 0 Å². The highest BCUT2D eigenvalue weighted by atomic mass is 32.2. The zero-order valence-electron chi connectivity index (χ0n) is 15.8. The van der Waals surface area contributed by atoms with Gasteiger partial charge in [-0.25, -0.2) is 16.8 Å². The van der Waals surface area contributed by atoms with E-state index in [1.807, 2.05) is 24.3 Å². The van der Waals surface area contributed by atoms with E-state index in [1.54, 1.807) is 0 Å². The zero-order chi connectivity index (χ0) is 20.5. The van der Waals surface area contributed by atoms with Crippen LogP contribution in [0.3, 0.4) is 0 Å². The first-order valence-electron chi connectivity index (χ1n) is 9.04. The molecule has 2 aromatic carbocycles. The Morgan fingerprint density at radius 1 is 1.04 bits per heavy atom. The monoisotopic (exact) mass is 421 g/mol. The number of amides is 1. The molecule has 1 fully saturated rings. The fourth-order valence-corrected chi connectivity index (χ4v) is 7.51. The first-order valence-corrected chi connectivity index (χ1v) is 12.4. The van der Waals surface area contributed by atoms with E-state index in [1.165, 1.54) is 29.8 Å². The molecule has 0 bridgehead atoms. The molecule has 0 aromatic heterocycles. The lowest BCUT2D eigenvalue weighted by Gasteiger charge is -2.11. The first kappa shape index (κ1) is 20.5. The molecule has 8 heteroatoms. The van der Waals surface area contributed by atoms with Gasteiger partial charge in [-0.15, -0.1) is 0 Å². The fraction of sp³-hybridized carbons (Fsp3) is 0.350. The Balaban J connectivity index is 1.72. The van der Waals surface area contributed by atoms with Crippen LogP contribution in [0.5, 0.6) is 0 Å². The molecule has 1 heterocycles. The van der Waals surface area contributed by atoms with Gasteiger partial charge in [-0.2, -0.15) is 0 Å². The molecule has 150 valence electrons. The molecular formula is C20H23NO5S2. The predicted octanol–water partition coefficient (Wildman–Crippen LogP) is 3.02. The largest absolute Gasteiger partial charge is 0.322 e. The second-order valence-corrected chi connectivity index (χ2v) is 11.8. The Labute approximate surface area is 165 Å². The Hall–Kier alpha value is -2.19. The Morgan fingerprint density at radius 2 is 1.64 bits per heavy atom. The van der Waals surface area contributed by atoms with Gasteiger partial charge < -0.3 is 5.32 Å². The van der Waals surface area contributed by atoms with Crippen LogP contribution in [-0.4, -0.2) is 39.5 Å². The van der Waals surface area contributed by atoms with Gasteiger partial charge in [0.05, 0.1) is 21.7 Å².